The van der Waals surface area contributed by atoms with Crippen molar-refractivity contribution in [1.29, 1.82) is 0 Å². The molecule has 138 valence electrons. The molecular formula is C18H24Cl2N2O3. The van der Waals surface area contributed by atoms with Crippen molar-refractivity contribution in [2.45, 2.75) is 39.2 Å². The van der Waals surface area contributed by atoms with Crippen LogP contribution in [0.15, 0.2) is 12.1 Å². The van der Waals surface area contributed by atoms with Crippen LogP contribution < -0.4 is 10.1 Å². The van der Waals surface area contributed by atoms with Crippen LogP contribution in [0.25, 0.3) is 0 Å². The molecule has 1 aromatic rings. The van der Waals surface area contributed by atoms with Crippen LogP contribution in [0.2, 0.25) is 5.02 Å². The number of benzene rings is 1. The third-order valence-electron chi connectivity index (χ3n) is 4.30. The maximum Gasteiger partial charge on any atom is 0.258 e. The summed E-state index contributed by atoms with van der Waals surface area (Å²) in [4.78, 5) is 25.7. The van der Waals surface area contributed by atoms with Crippen LogP contribution in [-0.4, -0.2) is 48.3 Å². The molecule has 1 aliphatic heterocycles. The highest BCUT2D eigenvalue weighted by atomic mass is 35.5. The first-order valence-corrected chi connectivity index (χ1v) is 9.34. The van der Waals surface area contributed by atoms with Gasteiger partial charge < -0.3 is 15.0 Å². The summed E-state index contributed by atoms with van der Waals surface area (Å²) in [7, 11) is 0. The van der Waals surface area contributed by atoms with Crippen molar-refractivity contribution < 1.29 is 14.3 Å². The molecule has 1 aliphatic rings. The van der Waals surface area contributed by atoms with E-state index in [0.29, 0.717) is 36.2 Å². The van der Waals surface area contributed by atoms with E-state index >= 15 is 0 Å². The molecule has 1 aromatic carbocycles. The Kier molecular flexibility index (Phi) is 7.38. The Labute approximate surface area is 158 Å². The van der Waals surface area contributed by atoms with Crippen molar-refractivity contribution in [2.24, 2.45) is 0 Å². The molecule has 0 aliphatic carbocycles. The van der Waals surface area contributed by atoms with E-state index in [-0.39, 0.29) is 24.5 Å². The normalized spacial score (nSPS) is 15.1. The molecule has 0 bridgehead atoms. The van der Waals surface area contributed by atoms with Gasteiger partial charge in [-0.25, -0.2) is 0 Å². The molecule has 2 rings (SSSR count). The summed E-state index contributed by atoms with van der Waals surface area (Å²) in [5.41, 5.74) is 1.84. The Morgan fingerprint density at radius 2 is 1.84 bits per heavy atom. The van der Waals surface area contributed by atoms with E-state index in [1.165, 1.54) is 0 Å². The van der Waals surface area contributed by atoms with Crippen LogP contribution in [0.1, 0.15) is 30.4 Å². The molecule has 0 radical (unpaired) electrons. The molecule has 0 unspecified atom stereocenters. The highest BCUT2D eigenvalue weighted by Gasteiger charge is 2.23. The average molecular weight is 387 g/mol. The summed E-state index contributed by atoms with van der Waals surface area (Å²) in [5.74, 6) is 0.902. The van der Waals surface area contributed by atoms with Crippen molar-refractivity contribution in [3.63, 3.8) is 0 Å². The van der Waals surface area contributed by atoms with E-state index in [2.05, 4.69) is 5.32 Å². The summed E-state index contributed by atoms with van der Waals surface area (Å²) >= 11 is 11.7. The predicted octanol–water partition coefficient (Wildman–Crippen LogP) is 3.07. The fourth-order valence-electron chi connectivity index (χ4n) is 2.92. The Morgan fingerprint density at radius 1 is 1.24 bits per heavy atom. The molecule has 1 fully saturated rings. The van der Waals surface area contributed by atoms with Gasteiger partial charge in [-0.2, -0.15) is 0 Å². The van der Waals surface area contributed by atoms with E-state index in [0.717, 1.165) is 24.0 Å². The maximum absolute atomic E-state index is 12.1. The quantitative estimate of drug-likeness (QED) is 0.764. The zero-order chi connectivity index (χ0) is 18.4. The zero-order valence-electron chi connectivity index (χ0n) is 14.6. The number of hydrogen-bond acceptors (Lipinski definition) is 3. The second-order valence-electron chi connectivity index (χ2n) is 6.32. The predicted molar refractivity (Wildman–Crippen MR) is 99.5 cm³/mol. The van der Waals surface area contributed by atoms with Gasteiger partial charge in [0.05, 0.1) is 0 Å². The molecule has 5 nitrogen and oxygen atoms in total. The summed E-state index contributed by atoms with van der Waals surface area (Å²) in [6, 6.07) is 3.72. The van der Waals surface area contributed by atoms with Crippen molar-refractivity contribution >= 4 is 35.0 Å². The second kappa shape index (κ2) is 9.30. The van der Waals surface area contributed by atoms with Gasteiger partial charge in [-0.1, -0.05) is 11.6 Å². The summed E-state index contributed by atoms with van der Waals surface area (Å²) in [5, 5.41) is 3.68. The lowest BCUT2D eigenvalue weighted by Crippen LogP contribution is -2.47. The van der Waals surface area contributed by atoms with Gasteiger partial charge in [-0.15, -0.1) is 11.6 Å². The summed E-state index contributed by atoms with van der Waals surface area (Å²) in [6.45, 7) is 5.07. The summed E-state index contributed by atoms with van der Waals surface area (Å²) < 4.78 is 5.57. The largest absolute Gasteiger partial charge is 0.484 e. The highest BCUT2D eigenvalue weighted by Crippen LogP contribution is 2.25. The Hall–Kier alpha value is -1.46. The number of rotatable bonds is 6. The van der Waals surface area contributed by atoms with Crippen molar-refractivity contribution in [2.75, 3.05) is 25.6 Å². The van der Waals surface area contributed by atoms with Gasteiger partial charge >= 0.3 is 0 Å². The number of amides is 2. The van der Waals surface area contributed by atoms with Crippen LogP contribution in [0.3, 0.4) is 0 Å². The smallest absolute Gasteiger partial charge is 0.258 e. The number of nitrogens with zero attached hydrogens (tertiary/aromatic N) is 1. The first-order valence-electron chi connectivity index (χ1n) is 8.43. The van der Waals surface area contributed by atoms with E-state index in [1.54, 1.807) is 4.90 Å². The van der Waals surface area contributed by atoms with Crippen LogP contribution >= 0.6 is 23.2 Å². The van der Waals surface area contributed by atoms with Crippen LogP contribution in [0, 0.1) is 13.8 Å². The first-order chi connectivity index (χ1) is 11.9. The zero-order valence-corrected chi connectivity index (χ0v) is 16.1. The Balaban J connectivity index is 1.75. The SMILES string of the molecule is Cc1cc(OCC(=O)NC2CCN(C(=O)CCCl)CC2)cc(C)c1Cl. The second-order valence-corrected chi connectivity index (χ2v) is 7.08. The lowest BCUT2D eigenvalue weighted by molar-refractivity contribution is -0.132. The standard InChI is InChI=1S/C18H24Cl2N2O3/c1-12-9-15(10-13(2)18(12)20)25-11-16(23)21-14-4-7-22(8-5-14)17(24)3-6-19/h9-10,14H,3-8,11H2,1-2H3,(H,21,23). The number of piperidine rings is 1. The van der Waals surface area contributed by atoms with Gasteiger partial charge in [0.2, 0.25) is 5.91 Å². The molecule has 1 N–H and O–H groups in total. The molecule has 7 heteroatoms. The third-order valence-corrected chi connectivity index (χ3v) is 5.09. The third kappa shape index (κ3) is 5.79. The number of ether oxygens (including phenoxy) is 1. The molecule has 0 atom stereocenters. The highest BCUT2D eigenvalue weighted by molar-refractivity contribution is 6.32. The topological polar surface area (TPSA) is 58.6 Å². The van der Waals surface area contributed by atoms with Crippen LogP contribution in [0.5, 0.6) is 5.75 Å². The average Bonchev–Trinajstić information content (AvgIpc) is 2.58. The van der Waals surface area contributed by atoms with Gasteiger partial charge in [-0.05, 0) is 49.9 Å². The number of nitrogens with one attached hydrogen (secondary N) is 1. The van der Waals surface area contributed by atoms with Gasteiger partial charge in [0, 0.05) is 36.5 Å². The molecule has 1 saturated heterocycles. The minimum atomic E-state index is -0.157. The fourth-order valence-corrected chi connectivity index (χ4v) is 3.19. The molecule has 0 aromatic heterocycles. The maximum atomic E-state index is 12.1. The Bertz CT molecular complexity index is 606. The number of halogens is 2. The molecule has 1 heterocycles. The number of carbonyl (C=O) groups is 2. The number of aryl methyl sites for hydroxylation is 2. The lowest BCUT2D eigenvalue weighted by Gasteiger charge is -2.32. The summed E-state index contributed by atoms with van der Waals surface area (Å²) in [6.07, 6.45) is 1.87. The van der Waals surface area contributed by atoms with Gasteiger partial charge in [0.15, 0.2) is 6.61 Å². The van der Waals surface area contributed by atoms with Crippen molar-refractivity contribution in [3.8, 4) is 5.75 Å². The Morgan fingerprint density at radius 3 is 2.40 bits per heavy atom. The van der Waals surface area contributed by atoms with Gasteiger partial charge in [0.1, 0.15) is 5.75 Å². The van der Waals surface area contributed by atoms with E-state index in [1.807, 2.05) is 26.0 Å². The number of likely N-dealkylation sites (tertiary alicyclic amines) is 1. The lowest BCUT2D eigenvalue weighted by atomic mass is 10.0. The van der Waals surface area contributed by atoms with E-state index < -0.39 is 0 Å². The van der Waals surface area contributed by atoms with Gasteiger partial charge in [-0.3, -0.25) is 9.59 Å². The fraction of sp³-hybridized carbons (Fsp3) is 0.556. The minimum absolute atomic E-state index is 0.0358. The number of hydrogen-bond donors (Lipinski definition) is 1. The first kappa shape index (κ1) is 19.9. The molecule has 25 heavy (non-hydrogen) atoms. The monoisotopic (exact) mass is 386 g/mol. The van der Waals surface area contributed by atoms with E-state index in [9.17, 15) is 9.59 Å². The molecule has 0 spiro atoms. The van der Waals surface area contributed by atoms with Crippen LogP contribution in [0.4, 0.5) is 0 Å². The van der Waals surface area contributed by atoms with Crippen molar-refractivity contribution in [3.05, 3.63) is 28.3 Å². The molecule has 0 saturated carbocycles. The van der Waals surface area contributed by atoms with Crippen molar-refractivity contribution in [1.82, 2.24) is 10.2 Å². The number of alkyl halides is 1. The minimum Gasteiger partial charge on any atom is -0.484 e. The molecular weight excluding hydrogens is 363 g/mol. The van der Waals surface area contributed by atoms with Gasteiger partial charge in [0.25, 0.3) is 5.91 Å². The van der Waals surface area contributed by atoms with E-state index in [4.69, 9.17) is 27.9 Å². The van der Waals surface area contributed by atoms with Crippen LogP contribution in [-0.2, 0) is 9.59 Å². The number of carbonyl (C=O) groups excluding carboxylic acids is 2. The molecule has 2 amide bonds.